The molecule has 11 nitrogen and oxygen atoms in total. The summed E-state index contributed by atoms with van der Waals surface area (Å²) in [6.45, 7) is 3.95. The molecule has 1 aromatic heterocycles. The lowest BCUT2D eigenvalue weighted by Gasteiger charge is -2.15. The van der Waals surface area contributed by atoms with Gasteiger partial charge in [0.25, 0.3) is 5.91 Å². The molecular formula is C30H33N5O6S. The molecule has 42 heavy (non-hydrogen) atoms. The molecule has 0 bridgehead atoms. The molecule has 0 atom stereocenters. The Morgan fingerprint density at radius 1 is 0.857 bits per heavy atom. The first-order valence-corrected chi connectivity index (χ1v) is 13.9. The van der Waals surface area contributed by atoms with Gasteiger partial charge in [-0.1, -0.05) is 36.0 Å². The number of nitrogens with one attached hydrogen (secondary N) is 2. The minimum absolute atomic E-state index is 0.0375. The second-order valence-corrected chi connectivity index (χ2v) is 10.1. The van der Waals surface area contributed by atoms with Crippen LogP contribution in [0.4, 0.5) is 5.69 Å². The number of amides is 2. The summed E-state index contributed by atoms with van der Waals surface area (Å²) in [5, 5.41) is 15.0. The summed E-state index contributed by atoms with van der Waals surface area (Å²) in [4.78, 5) is 26.0. The van der Waals surface area contributed by atoms with Gasteiger partial charge in [0.15, 0.2) is 22.5 Å². The minimum Gasteiger partial charge on any atom is -0.495 e. The molecular weight excluding hydrogens is 558 g/mol. The van der Waals surface area contributed by atoms with Crippen molar-refractivity contribution >= 4 is 29.3 Å². The van der Waals surface area contributed by atoms with Crippen LogP contribution in [0.25, 0.3) is 5.69 Å². The van der Waals surface area contributed by atoms with E-state index in [1.807, 2.05) is 56.3 Å². The highest BCUT2D eigenvalue weighted by Gasteiger charge is 2.21. The summed E-state index contributed by atoms with van der Waals surface area (Å²) >= 11 is 1.23. The molecule has 0 saturated heterocycles. The molecule has 0 unspecified atom stereocenters. The molecule has 2 amide bonds. The first kappa shape index (κ1) is 30.3. The SMILES string of the molecule is COc1ccccc1-n1c(CNC(=O)c2cc(OC)c(OC)c(OC)c2)nnc1SCC(=O)Nc1cc(C)ccc1C. The number of hydrogen-bond acceptors (Lipinski definition) is 9. The Morgan fingerprint density at radius 2 is 1.55 bits per heavy atom. The summed E-state index contributed by atoms with van der Waals surface area (Å²) in [6, 6.07) is 16.4. The number of carbonyl (C=O) groups excluding carboxylic acids is 2. The van der Waals surface area contributed by atoms with Crippen molar-refractivity contribution in [1.82, 2.24) is 20.1 Å². The Bertz CT molecular complexity index is 1560. The lowest BCUT2D eigenvalue weighted by Crippen LogP contribution is -2.25. The van der Waals surface area contributed by atoms with E-state index in [2.05, 4.69) is 20.8 Å². The Hall–Kier alpha value is -4.71. The Morgan fingerprint density at radius 3 is 2.21 bits per heavy atom. The van der Waals surface area contributed by atoms with Gasteiger partial charge in [0.1, 0.15) is 5.75 Å². The maximum Gasteiger partial charge on any atom is 0.251 e. The smallest absolute Gasteiger partial charge is 0.251 e. The van der Waals surface area contributed by atoms with Crippen LogP contribution in [0, 0.1) is 13.8 Å². The monoisotopic (exact) mass is 591 g/mol. The summed E-state index contributed by atoms with van der Waals surface area (Å²) in [5.74, 6) is 1.66. The molecule has 0 saturated carbocycles. The third kappa shape index (κ3) is 6.77. The fraction of sp³-hybridized carbons (Fsp3) is 0.267. The summed E-state index contributed by atoms with van der Waals surface area (Å²) in [7, 11) is 6.03. The molecule has 0 aliphatic carbocycles. The zero-order valence-corrected chi connectivity index (χ0v) is 25.1. The Balaban J connectivity index is 1.57. The Kier molecular flexibility index (Phi) is 9.92. The number of methoxy groups -OCH3 is 4. The average molecular weight is 592 g/mol. The second kappa shape index (κ2) is 13.8. The standard InChI is InChI=1S/C30H33N5O6S/c1-18-11-12-19(2)21(13-18)32-27(36)17-42-30-34-33-26(35(30)22-9-7-8-10-23(22)38-3)16-31-29(37)20-14-24(39-4)28(41-6)25(15-20)40-5/h7-15H,16-17H2,1-6H3,(H,31,37)(H,32,36). The molecule has 0 spiro atoms. The van der Waals surface area contributed by atoms with E-state index in [9.17, 15) is 9.59 Å². The van der Waals surface area contributed by atoms with Crippen molar-refractivity contribution < 1.29 is 28.5 Å². The highest BCUT2D eigenvalue weighted by atomic mass is 32.2. The zero-order valence-electron chi connectivity index (χ0n) is 24.3. The predicted molar refractivity (Wildman–Crippen MR) is 160 cm³/mol. The van der Waals surface area contributed by atoms with Gasteiger partial charge in [-0.2, -0.15) is 0 Å². The Labute approximate surface area is 248 Å². The van der Waals surface area contributed by atoms with Crippen molar-refractivity contribution in [1.29, 1.82) is 0 Å². The van der Waals surface area contributed by atoms with Crippen LogP contribution >= 0.6 is 11.8 Å². The van der Waals surface area contributed by atoms with Crippen molar-refractivity contribution in [3.63, 3.8) is 0 Å². The van der Waals surface area contributed by atoms with Gasteiger partial charge in [0, 0.05) is 11.3 Å². The molecule has 0 fully saturated rings. The number of nitrogens with zero attached hydrogens (tertiary/aromatic N) is 3. The van der Waals surface area contributed by atoms with Gasteiger partial charge in [-0.25, -0.2) is 0 Å². The number of ether oxygens (including phenoxy) is 4. The van der Waals surface area contributed by atoms with E-state index in [0.717, 1.165) is 16.8 Å². The highest BCUT2D eigenvalue weighted by Crippen LogP contribution is 2.38. The van der Waals surface area contributed by atoms with Crippen LogP contribution in [0.3, 0.4) is 0 Å². The summed E-state index contributed by atoms with van der Waals surface area (Å²) in [6.07, 6.45) is 0. The van der Waals surface area contributed by atoms with Gasteiger partial charge < -0.3 is 29.6 Å². The molecule has 12 heteroatoms. The van der Waals surface area contributed by atoms with E-state index in [0.29, 0.717) is 45.2 Å². The fourth-order valence-corrected chi connectivity index (χ4v) is 4.99. The van der Waals surface area contributed by atoms with E-state index in [4.69, 9.17) is 18.9 Å². The van der Waals surface area contributed by atoms with E-state index in [-0.39, 0.29) is 24.1 Å². The van der Waals surface area contributed by atoms with Crippen molar-refractivity contribution in [2.75, 3.05) is 39.5 Å². The van der Waals surface area contributed by atoms with Gasteiger partial charge >= 0.3 is 0 Å². The number of rotatable bonds is 12. The molecule has 1 heterocycles. The second-order valence-electron chi connectivity index (χ2n) is 9.16. The summed E-state index contributed by atoms with van der Waals surface area (Å²) in [5.41, 5.74) is 3.77. The number of anilines is 1. The van der Waals surface area contributed by atoms with Crippen LogP contribution in [-0.4, -0.2) is 60.8 Å². The number of aryl methyl sites for hydroxylation is 2. The molecule has 0 aliphatic rings. The van der Waals surface area contributed by atoms with Gasteiger partial charge in [-0.15, -0.1) is 10.2 Å². The molecule has 0 radical (unpaired) electrons. The maximum atomic E-state index is 13.2. The first-order chi connectivity index (χ1) is 20.3. The van der Waals surface area contributed by atoms with E-state index < -0.39 is 0 Å². The number of benzene rings is 3. The van der Waals surface area contributed by atoms with Crippen LogP contribution in [0.5, 0.6) is 23.0 Å². The number of aromatic nitrogens is 3. The van der Waals surface area contributed by atoms with Crippen LogP contribution < -0.4 is 29.6 Å². The lowest BCUT2D eigenvalue weighted by atomic mass is 10.1. The van der Waals surface area contributed by atoms with Crippen LogP contribution in [-0.2, 0) is 11.3 Å². The molecule has 4 rings (SSSR count). The molecule has 3 aromatic carbocycles. The van der Waals surface area contributed by atoms with Crippen molar-refractivity contribution in [2.24, 2.45) is 0 Å². The van der Waals surface area contributed by atoms with Gasteiger partial charge in [-0.05, 0) is 55.3 Å². The normalized spacial score (nSPS) is 10.6. The van der Waals surface area contributed by atoms with E-state index >= 15 is 0 Å². The van der Waals surface area contributed by atoms with Crippen LogP contribution in [0.1, 0.15) is 27.3 Å². The quantitative estimate of drug-likeness (QED) is 0.228. The molecule has 2 N–H and O–H groups in total. The predicted octanol–water partition coefficient (Wildman–Crippen LogP) is 4.58. The summed E-state index contributed by atoms with van der Waals surface area (Å²) < 4.78 is 23.4. The van der Waals surface area contributed by atoms with Crippen molar-refractivity contribution in [3.05, 3.63) is 77.1 Å². The molecule has 0 aliphatic heterocycles. The third-order valence-corrected chi connectivity index (χ3v) is 7.29. The fourth-order valence-electron chi connectivity index (χ4n) is 4.23. The maximum absolute atomic E-state index is 13.2. The van der Waals surface area contributed by atoms with Crippen LogP contribution in [0.2, 0.25) is 0 Å². The number of thioether (sulfide) groups is 1. The molecule has 220 valence electrons. The number of hydrogen-bond donors (Lipinski definition) is 2. The number of para-hydroxylation sites is 2. The van der Waals surface area contributed by atoms with Gasteiger partial charge in [-0.3, -0.25) is 14.2 Å². The average Bonchev–Trinajstić information content (AvgIpc) is 3.42. The largest absolute Gasteiger partial charge is 0.495 e. The highest BCUT2D eigenvalue weighted by molar-refractivity contribution is 7.99. The van der Waals surface area contributed by atoms with E-state index in [1.54, 1.807) is 23.8 Å². The van der Waals surface area contributed by atoms with Crippen molar-refractivity contribution in [2.45, 2.75) is 25.5 Å². The van der Waals surface area contributed by atoms with E-state index in [1.165, 1.54) is 33.1 Å². The van der Waals surface area contributed by atoms with Gasteiger partial charge in [0.05, 0.1) is 46.4 Å². The van der Waals surface area contributed by atoms with Crippen molar-refractivity contribution in [3.8, 4) is 28.7 Å². The van der Waals surface area contributed by atoms with Gasteiger partial charge in [0.2, 0.25) is 11.7 Å². The van der Waals surface area contributed by atoms with Crippen LogP contribution in [0.15, 0.2) is 59.8 Å². The number of carbonyl (C=O) groups is 2. The third-order valence-electron chi connectivity index (χ3n) is 6.36. The zero-order chi connectivity index (χ0) is 30.2. The lowest BCUT2D eigenvalue weighted by molar-refractivity contribution is -0.113. The minimum atomic E-state index is -0.383. The topological polar surface area (TPSA) is 126 Å². The first-order valence-electron chi connectivity index (χ1n) is 12.9. The molecule has 4 aromatic rings.